The molecule has 0 unspecified atom stereocenters. The van der Waals surface area contributed by atoms with E-state index in [1.165, 1.54) is 5.39 Å². The van der Waals surface area contributed by atoms with Gasteiger partial charge in [-0.1, -0.05) is 46.9 Å². The standard InChI is InChI=1S/C15H11Cl3N2/c16-11-6-13(18)15(7-12(11)17)20-8-9-1-2-10-3-4-19-14(10)5-9/h1-7,19-20H,8H2. The van der Waals surface area contributed by atoms with Crippen molar-refractivity contribution in [3.8, 4) is 0 Å². The molecule has 3 rings (SSSR count). The molecule has 0 radical (unpaired) electrons. The molecule has 0 saturated heterocycles. The number of H-pyrrole nitrogens is 1. The Bertz CT molecular complexity index is 765. The van der Waals surface area contributed by atoms with Gasteiger partial charge in [0, 0.05) is 18.3 Å². The van der Waals surface area contributed by atoms with Gasteiger partial charge in [-0.3, -0.25) is 0 Å². The summed E-state index contributed by atoms with van der Waals surface area (Å²) in [6, 6.07) is 11.7. The summed E-state index contributed by atoms with van der Waals surface area (Å²) in [5.74, 6) is 0. The quantitative estimate of drug-likeness (QED) is 0.590. The van der Waals surface area contributed by atoms with Crippen LogP contribution < -0.4 is 5.32 Å². The van der Waals surface area contributed by atoms with Crippen LogP contribution in [0.25, 0.3) is 10.9 Å². The summed E-state index contributed by atoms with van der Waals surface area (Å²) in [4.78, 5) is 3.19. The zero-order valence-electron chi connectivity index (χ0n) is 10.4. The molecule has 102 valence electrons. The van der Waals surface area contributed by atoms with Crippen LogP contribution in [0.5, 0.6) is 0 Å². The first-order valence-electron chi connectivity index (χ1n) is 6.08. The molecule has 0 aliphatic rings. The van der Waals surface area contributed by atoms with Gasteiger partial charge in [-0.05, 0) is 35.2 Å². The molecule has 0 atom stereocenters. The number of rotatable bonds is 3. The number of hydrogen-bond donors (Lipinski definition) is 2. The third kappa shape index (κ3) is 2.73. The largest absolute Gasteiger partial charge is 0.380 e. The monoisotopic (exact) mass is 324 g/mol. The van der Waals surface area contributed by atoms with Gasteiger partial charge in [0.2, 0.25) is 0 Å². The molecule has 20 heavy (non-hydrogen) atoms. The Morgan fingerprint density at radius 1 is 0.900 bits per heavy atom. The molecule has 2 N–H and O–H groups in total. The third-order valence-electron chi connectivity index (χ3n) is 3.11. The highest BCUT2D eigenvalue weighted by Gasteiger charge is 2.06. The van der Waals surface area contributed by atoms with Crippen LogP contribution in [0.2, 0.25) is 15.1 Å². The van der Waals surface area contributed by atoms with E-state index in [4.69, 9.17) is 34.8 Å². The van der Waals surface area contributed by atoms with Crippen LogP contribution >= 0.6 is 34.8 Å². The number of aromatic amines is 1. The van der Waals surface area contributed by atoms with Crippen molar-refractivity contribution in [1.29, 1.82) is 0 Å². The number of aromatic nitrogens is 1. The maximum Gasteiger partial charge on any atom is 0.0653 e. The number of nitrogens with one attached hydrogen (secondary N) is 2. The molecule has 0 saturated carbocycles. The fourth-order valence-electron chi connectivity index (χ4n) is 2.06. The highest BCUT2D eigenvalue weighted by Crippen LogP contribution is 2.32. The second kappa shape index (κ2) is 5.57. The first-order valence-corrected chi connectivity index (χ1v) is 7.21. The maximum absolute atomic E-state index is 6.13. The zero-order chi connectivity index (χ0) is 14.1. The maximum atomic E-state index is 6.13. The molecule has 2 aromatic carbocycles. The molecule has 0 aliphatic heterocycles. The van der Waals surface area contributed by atoms with E-state index >= 15 is 0 Å². The van der Waals surface area contributed by atoms with Gasteiger partial charge in [0.05, 0.1) is 20.8 Å². The summed E-state index contributed by atoms with van der Waals surface area (Å²) in [6.45, 7) is 0.659. The molecular formula is C15H11Cl3N2. The molecule has 2 nitrogen and oxygen atoms in total. The average Bonchev–Trinajstić information content (AvgIpc) is 2.89. The van der Waals surface area contributed by atoms with E-state index in [1.54, 1.807) is 12.1 Å². The van der Waals surface area contributed by atoms with Crippen molar-refractivity contribution in [1.82, 2.24) is 4.98 Å². The molecule has 5 heteroatoms. The fraction of sp³-hybridized carbons (Fsp3) is 0.0667. The lowest BCUT2D eigenvalue weighted by atomic mass is 10.1. The molecule has 1 heterocycles. The van der Waals surface area contributed by atoms with Gasteiger partial charge in [0.15, 0.2) is 0 Å². The highest BCUT2D eigenvalue weighted by molar-refractivity contribution is 6.44. The second-order valence-corrected chi connectivity index (χ2v) is 5.72. The van der Waals surface area contributed by atoms with Crippen molar-refractivity contribution in [3.05, 3.63) is 63.2 Å². The SMILES string of the molecule is Clc1cc(Cl)c(NCc2ccc3cc[nH]c3c2)cc1Cl. The van der Waals surface area contributed by atoms with Crippen LogP contribution in [0.15, 0.2) is 42.6 Å². The van der Waals surface area contributed by atoms with E-state index in [-0.39, 0.29) is 0 Å². The van der Waals surface area contributed by atoms with Gasteiger partial charge in [0.25, 0.3) is 0 Å². The van der Waals surface area contributed by atoms with Crippen molar-refractivity contribution in [3.63, 3.8) is 0 Å². The first-order chi connectivity index (χ1) is 9.63. The third-order valence-corrected chi connectivity index (χ3v) is 4.15. The Kier molecular flexibility index (Phi) is 3.79. The molecular weight excluding hydrogens is 315 g/mol. The smallest absolute Gasteiger partial charge is 0.0653 e. The lowest BCUT2D eigenvalue weighted by Gasteiger charge is -2.10. The Labute approximate surface area is 131 Å². The summed E-state index contributed by atoms with van der Waals surface area (Å²) in [6.07, 6.45) is 1.93. The Hall–Kier alpha value is -1.35. The highest BCUT2D eigenvalue weighted by atomic mass is 35.5. The topological polar surface area (TPSA) is 27.8 Å². The first kappa shape index (κ1) is 13.6. The summed E-state index contributed by atoms with van der Waals surface area (Å²) in [7, 11) is 0. The molecule has 3 aromatic rings. The van der Waals surface area contributed by atoms with Crippen molar-refractivity contribution < 1.29 is 0 Å². The van der Waals surface area contributed by atoms with Gasteiger partial charge < -0.3 is 10.3 Å². The minimum Gasteiger partial charge on any atom is -0.380 e. The van der Waals surface area contributed by atoms with E-state index in [0.717, 1.165) is 16.8 Å². The zero-order valence-corrected chi connectivity index (χ0v) is 12.7. The van der Waals surface area contributed by atoms with E-state index in [2.05, 4.69) is 28.5 Å². The number of hydrogen-bond acceptors (Lipinski definition) is 1. The number of fused-ring (bicyclic) bond motifs is 1. The van der Waals surface area contributed by atoms with Crippen LogP contribution in [0.3, 0.4) is 0 Å². The minimum atomic E-state index is 0.454. The molecule has 0 fully saturated rings. The lowest BCUT2D eigenvalue weighted by molar-refractivity contribution is 1.15. The number of anilines is 1. The van der Waals surface area contributed by atoms with E-state index in [1.807, 2.05) is 12.3 Å². The van der Waals surface area contributed by atoms with Crippen molar-refractivity contribution in [2.45, 2.75) is 6.54 Å². The molecule has 0 amide bonds. The molecule has 0 bridgehead atoms. The Morgan fingerprint density at radius 3 is 2.55 bits per heavy atom. The second-order valence-electron chi connectivity index (χ2n) is 4.50. The lowest BCUT2D eigenvalue weighted by Crippen LogP contribution is -2.00. The van der Waals surface area contributed by atoms with Gasteiger partial charge in [-0.15, -0.1) is 0 Å². The van der Waals surface area contributed by atoms with Crippen molar-refractivity contribution in [2.24, 2.45) is 0 Å². The van der Waals surface area contributed by atoms with Crippen LogP contribution in [-0.2, 0) is 6.54 Å². The molecule has 1 aromatic heterocycles. The normalized spacial score (nSPS) is 10.9. The number of benzene rings is 2. The van der Waals surface area contributed by atoms with E-state index in [9.17, 15) is 0 Å². The van der Waals surface area contributed by atoms with Crippen LogP contribution in [0.1, 0.15) is 5.56 Å². The number of halogens is 3. The summed E-state index contributed by atoms with van der Waals surface area (Å²) in [5, 5.41) is 5.96. The Balaban J connectivity index is 1.80. The van der Waals surface area contributed by atoms with Gasteiger partial charge in [-0.2, -0.15) is 0 Å². The van der Waals surface area contributed by atoms with Gasteiger partial charge in [0.1, 0.15) is 0 Å². The average molecular weight is 326 g/mol. The minimum absolute atomic E-state index is 0.454. The van der Waals surface area contributed by atoms with E-state index in [0.29, 0.717) is 21.6 Å². The Morgan fingerprint density at radius 2 is 1.70 bits per heavy atom. The predicted octanol–water partition coefficient (Wildman–Crippen LogP) is 5.74. The predicted molar refractivity (Wildman–Crippen MR) is 87.1 cm³/mol. The summed E-state index contributed by atoms with van der Waals surface area (Å²) < 4.78 is 0. The summed E-state index contributed by atoms with van der Waals surface area (Å²) >= 11 is 18.0. The van der Waals surface area contributed by atoms with Gasteiger partial charge in [-0.25, -0.2) is 0 Å². The van der Waals surface area contributed by atoms with Gasteiger partial charge >= 0.3 is 0 Å². The molecule has 0 spiro atoms. The van der Waals surface area contributed by atoms with Crippen molar-refractivity contribution in [2.75, 3.05) is 5.32 Å². The van der Waals surface area contributed by atoms with Crippen LogP contribution in [0.4, 0.5) is 5.69 Å². The summed E-state index contributed by atoms with van der Waals surface area (Å²) in [5.41, 5.74) is 3.04. The van der Waals surface area contributed by atoms with E-state index < -0.39 is 0 Å². The van der Waals surface area contributed by atoms with Crippen LogP contribution in [-0.4, -0.2) is 4.98 Å². The molecule has 0 aliphatic carbocycles. The fourth-order valence-corrected chi connectivity index (χ4v) is 2.67. The van der Waals surface area contributed by atoms with Crippen molar-refractivity contribution >= 4 is 51.4 Å². The van der Waals surface area contributed by atoms with Crippen LogP contribution in [0, 0.1) is 0 Å².